The first-order valence-corrected chi connectivity index (χ1v) is 5.28. The van der Waals surface area contributed by atoms with E-state index >= 15 is 0 Å². The van der Waals surface area contributed by atoms with Gasteiger partial charge in [0, 0.05) is 13.1 Å². The fourth-order valence-corrected chi connectivity index (χ4v) is 1.82. The second-order valence-corrected chi connectivity index (χ2v) is 3.73. The molecule has 0 bridgehead atoms. The van der Waals surface area contributed by atoms with E-state index in [9.17, 15) is 0 Å². The number of nitrogens with two attached hydrogens (primary N) is 2. The zero-order valence-electron chi connectivity index (χ0n) is 8.87. The standard InChI is InChI=1S/C9H21N5/c1-2-5-14-6-3-8(4-7-14)12-9(10)13-11/h8H,2-7,11H2,1H3,(H3,10,12,13). The van der Waals surface area contributed by atoms with Crippen LogP contribution in [0.4, 0.5) is 0 Å². The molecule has 0 aromatic heterocycles. The smallest absolute Gasteiger partial charge is 0.203 e. The maximum atomic E-state index is 5.50. The molecule has 0 unspecified atom stereocenters. The second-order valence-electron chi connectivity index (χ2n) is 3.73. The average Bonchev–Trinajstić information content (AvgIpc) is 2.21. The van der Waals surface area contributed by atoms with Gasteiger partial charge in [0.2, 0.25) is 5.96 Å². The normalized spacial score (nSPS) is 21.1. The summed E-state index contributed by atoms with van der Waals surface area (Å²) in [5.41, 5.74) is 7.86. The quantitative estimate of drug-likeness (QED) is 0.251. The number of likely N-dealkylation sites (tertiary alicyclic amines) is 1. The molecule has 1 rings (SSSR count). The fourth-order valence-electron chi connectivity index (χ4n) is 1.82. The van der Waals surface area contributed by atoms with Gasteiger partial charge in [-0.05, 0) is 25.8 Å². The van der Waals surface area contributed by atoms with E-state index in [1.807, 2.05) is 0 Å². The van der Waals surface area contributed by atoms with Crippen LogP contribution in [0.3, 0.4) is 0 Å². The largest absolute Gasteiger partial charge is 0.369 e. The minimum absolute atomic E-state index is 0.346. The van der Waals surface area contributed by atoms with Crippen molar-refractivity contribution in [2.75, 3.05) is 19.6 Å². The van der Waals surface area contributed by atoms with Gasteiger partial charge in [-0.2, -0.15) is 0 Å². The predicted octanol–water partition coefficient (Wildman–Crippen LogP) is -0.361. The Morgan fingerprint density at radius 1 is 1.50 bits per heavy atom. The highest BCUT2D eigenvalue weighted by Gasteiger charge is 2.17. The van der Waals surface area contributed by atoms with Crippen molar-refractivity contribution >= 4 is 5.96 Å². The maximum Gasteiger partial charge on any atom is 0.203 e. The summed E-state index contributed by atoms with van der Waals surface area (Å²) in [6, 6.07) is 0.346. The number of rotatable bonds is 3. The van der Waals surface area contributed by atoms with Gasteiger partial charge in [-0.15, -0.1) is 0 Å². The van der Waals surface area contributed by atoms with Gasteiger partial charge in [-0.3, -0.25) is 5.43 Å². The number of guanidine groups is 1. The van der Waals surface area contributed by atoms with Crippen molar-refractivity contribution in [1.82, 2.24) is 10.3 Å². The molecule has 0 amide bonds. The zero-order chi connectivity index (χ0) is 10.4. The van der Waals surface area contributed by atoms with Gasteiger partial charge in [0.25, 0.3) is 0 Å². The molecule has 0 aromatic rings. The summed E-state index contributed by atoms with van der Waals surface area (Å²) in [5, 5.41) is 0. The maximum absolute atomic E-state index is 5.50. The molecular weight excluding hydrogens is 178 g/mol. The highest BCUT2D eigenvalue weighted by atomic mass is 15.3. The Balaban J connectivity index is 2.28. The van der Waals surface area contributed by atoms with E-state index in [1.165, 1.54) is 13.0 Å². The van der Waals surface area contributed by atoms with Crippen LogP contribution in [0.5, 0.6) is 0 Å². The van der Waals surface area contributed by atoms with E-state index in [0.29, 0.717) is 12.0 Å². The lowest BCUT2D eigenvalue weighted by atomic mass is 10.1. The van der Waals surface area contributed by atoms with Gasteiger partial charge >= 0.3 is 0 Å². The Morgan fingerprint density at radius 2 is 2.14 bits per heavy atom. The first-order chi connectivity index (χ1) is 6.76. The predicted molar refractivity (Wildman–Crippen MR) is 58.7 cm³/mol. The summed E-state index contributed by atoms with van der Waals surface area (Å²) in [4.78, 5) is 6.75. The molecule has 0 saturated carbocycles. The molecule has 0 aliphatic carbocycles. The third kappa shape index (κ3) is 3.51. The van der Waals surface area contributed by atoms with Crippen LogP contribution in [0, 0.1) is 0 Å². The summed E-state index contributed by atoms with van der Waals surface area (Å²) in [6.45, 7) is 5.65. The number of aliphatic imine (C=N–C) groups is 1. The minimum atomic E-state index is 0.346. The summed E-state index contributed by atoms with van der Waals surface area (Å²) in [5.74, 6) is 5.49. The van der Waals surface area contributed by atoms with Crippen molar-refractivity contribution in [3.05, 3.63) is 0 Å². The molecule has 5 N–H and O–H groups in total. The van der Waals surface area contributed by atoms with Crippen LogP contribution in [-0.4, -0.2) is 36.5 Å². The van der Waals surface area contributed by atoms with Gasteiger partial charge in [-0.25, -0.2) is 10.8 Å². The van der Waals surface area contributed by atoms with Crippen LogP contribution in [-0.2, 0) is 0 Å². The van der Waals surface area contributed by atoms with Crippen LogP contribution >= 0.6 is 0 Å². The van der Waals surface area contributed by atoms with Gasteiger partial charge in [-0.1, -0.05) is 6.92 Å². The molecule has 5 nitrogen and oxygen atoms in total. The molecule has 0 aromatic carbocycles. The molecule has 5 heteroatoms. The minimum Gasteiger partial charge on any atom is -0.369 e. The van der Waals surface area contributed by atoms with Gasteiger partial charge in [0.1, 0.15) is 0 Å². The van der Waals surface area contributed by atoms with Crippen molar-refractivity contribution < 1.29 is 0 Å². The van der Waals surface area contributed by atoms with E-state index in [-0.39, 0.29) is 0 Å². The first kappa shape index (κ1) is 11.3. The Morgan fingerprint density at radius 3 is 2.64 bits per heavy atom. The molecular formula is C9H21N5. The van der Waals surface area contributed by atoms with Crippen LogP contribution in [0.15, 0.2) is 4.99 Å². The van der Waals surface area contributed by atoms with Gasteiger partial charge in [0.15, 0.2) is 0 Å². The number of piperidine rings is 1. The summed E-state index contributed by atoms with van der Waals surface area (Å²) in [7, 11) is 0. The monoisotopic (exact) mass is 199 g/mol. The summed E-state index contributed by atoms with van der Waals surface area (Å²) < 4.78 is 0. The zero-order valence-corrected chi connectivity index (χ0v) is 8.87. The number of hydrogen-bond donors (Lipinski definition) is 3. The lowest BCUT2D eigenvalue weighted by Crippen LogP contribution is -2.40. The topological polar surface area (TPSA) is 79.7 Å². The Hall–Kier alpha value is -0.810. The van der Waals surface area contributed by atoms with E-state index in [4.69, 9.17) is 11.6 Å². The van der Waals surface area contributed by atoms with Crippen LogP contribution in [0.2, 0.25) is 0 Å². The average molecular weight is 199 g/mol. The van der Waals surface area contributed by atoms with E-state index in [0.717, 1.165) is 25.9 Å². The molecule has 1 saturated heterocycles. The van der Waals surface area contributed by atoms with Crippen molar-refractivity contribution in [2.24, 2.45) is 16.6 Å². The van der Waals surface area contributed by atoms with E-state index in [1.54, 1.807) is 0 Å². The molecule has 0 atom stereocenters. The van der Waals surface area contributed by atoms with Gasteiger partial charge < -0.3 is 10.6 Å². The highest BCUT2D eigenvalue weighted by molar-refractivity contribution is 5.77. The first-order valence-electron chi connectivity index (χ1n) is 5.28. The fraction of sp³-hybridized carbons (Fsp3) is 0.889. The lowest BCUT2D eigenvalue weighted by molar-refractivity contribution is 0.214. The summed E-state index contributed by atoms with van der Waals surface area (Å²) >= 11 is 0. The molecule has 1 aliphatic heterocycles. The molecule has 1 aliphatic rings. The number of hydrazine groups is 1. The SMILES string of the molecule is CCCN1CCC(N=C(N)NN)CC1. The molecule has 1 heterocycles. The summed E-state index contributed by atoms with van der Waals surface area (Å²) in [6.07, 6.45) is 3.39. The highest BCUT2D eigenvalue weighted by Crippen LogP contribution is 2.13. The molecule has 0 radical (unpaired) electrons. The third-order valence-electron chi connectivity index (χ3n) is 2.57. The second kappa shape index (κ2) is 5.82. The van der Waals surface area contributed by atoms with Crippen molar-refractivity contribution in [3.8, 4) is 0 Å². The number of nitrogens with zero attached hydrogens (tertiary/aromatic N) is 2. The van der Waals surface area contributed by atoms with E-state index in [2.05, 4.69) is 22.2 Å². The van der Waals surface area contributed by atoms with Crippen molar-refractivity contribution in [1.29, 1.82) is 0 Å². The Bertz CT molecular complexity index is 184. The van der Waals surface area contributed by atoms with Gasteiger partial charge in [0.05, 0.1) is 6.04 Å². The van der Waals surface area contributed by atoms with Crippen LogP contribution < -0.4 is 17.0 Å². The van der Waals surface area contributed by atoms with Crippen molar-refractivity contribution in [2.45, 2.75) is 32.2 Å². The van der Waals surface area contributed by atoms with Crippen LogP contribution in [0.1, 0.15) is 26.2 Å². The Kier molecular flexibility index (Phi) is 4.69. The van der Waals surface area contributed by atoms with Crippen LogP contribution in [0.25, 0.3) is 0 Å². The number of hydrogen-bond acceptors (Lipinski definition) is 3. The van der Waals surface area contributed by atoms with E-state index < -0.39 is 0 Å². The van der Waals surface area contributed by atoms with Crippen molar-refractivity contribution in [3.63, 3.8) is 0 Å². The lowest BCUT2D eigenvalue weighted by Gasteiger charge is -2.29. The molecule has 82 valence electrons. The number of nitrogens with one attached hydrogen (secondary N) is 1. The molecule has 0 spiro atoms. The third-order valence-corrected chi connectivity index (χ3v) is 2.57. The Labute approximate surface area is 85.5 Å². The molecule has 14 heavy (non-hydrogen) atoms. The molecule has 1 fully saturated rings.